The summed E-state index contributed by atoms with van der Waals surface area (Å²) in [6, 6.07) is 10.2. The van der Waals surface area contributed by atoms with E-state index < -0.39 is 0 Å². The third-order valence-corrected chi connectivity index (χ3v) is 2.89. The molecule has 0 aromatic heterocycles. The van der Waals surface area contributed by atoms with Crippen molar-refractivity contribution in [1.82, 2.24) is 5.43 Å². The summed E-state index contributed by atoms with van der Waals surface area (Å²) in [5.74, 6) is 8.29. The second-order valence-electron chi connectivity index (χ2n) is 4.16. The molecule has 0 radical (unpaired) electrons. The minimum atomic E-state index is -0.0287. The molecule has 3 N–H and O–H groups in total. The molecule has 0 aliphatic carbocycles. The largest absolute Gasteiger partial charge is 0.372 e. The molecule has 1 rings (SSSR count). The number of unbranched alkanes of at least 4 members (excludes halogenated alkanes) is 1. The Hall–Kier alpha value is -1.34. The zero-order chi connectivity index (χ0) is 13.2. The first-order chi connectivity index (χ1) is 8.83. The molecule has 18 heavy (non-hydrogen) atoms. The highest BCUT2D eigenvalue weighted by atomic mass is 16.5. The molecular weight excluding hydrogens is 224 g/mol. The summed E-state index contributed by atoms with van der Waals surface area (Å²) < 4.78 is 5.82. The van der Waals surface area contributed by atoms with Crippen LogP contribution < -0.4 is 11.3 Å². The van der Waals surface area contributed by atoms with Crippen LogP contribution in [0.25, 0.3) is 0 Å². The van der Waals surface area contributed by atoms with Crippen molar-refractivity contribution in [3.63, 3.8) is 0 Å². The van der Waals surface area contributed by atoms with Gasteiger partial charge in [0.2, 0.25) is 0 Å². The molecule has 0 aliphatic rings. The second-order valence-corrected chi connectivity index (χ2v) is 4.16. The van der Waals surface area contributed by atoms with Gasteiger partial charge in [-0.25, -0.2) is 0 Å². The number of hydrogen-bond donors (Lipinski definition) is 2. The molecule has 2 unspecified atom stereocenters. The average Bonchev–Trinajstić information content (AvgIpc) is 2.43. The topological polar surface area (TPSA) is 47.3 Å². The van der Waals surface area contributed by atoms with E-state index in [-0.39, 0.29) is 12.1 Å². The summed E-state index contributed by atoms with van der Waals surface area (Å²) in [6.07, 6.45) is 7.86. The van der Waals surface area contributed by atoms with Crippen LogP contribution in [0.2, 0.25) is 0 Å². The molecule has 0 heterocycles. The van der Waals surface area contributed by atoms with Gasteiger partial charge < -0.3 is 4.74 Å². The number of terminal acetylenes is 1. The Bertz CT molecular complexity index is 359. The third kappa shape index (κ3) is 4.50. The maximum Gasteiger partial charge on any atom is 0.0991 e. The van der Waals surface area contributed by atoms with Gasteiger partial charge >= 0.3 is 0 Å². The molecule has 0 aliphatic heterocycles. The molecule has 0 fully saturated rings. The summed E-state index contributed by atoms with van der Waals surface area (Å²) in [7, 11) is 0. The summed E-state index contributed by atoms with van der Waals surface area (Å²) in [5, 5.41) is 0. The number of ether oxygens (including phenoxy) is 1. The molecule has 0 spiro atoms. The van der Waals surface area contributed by atoms with Gasteiger partial charge in [-0.15, -0.1) is 12.3 Å². The third-order valence-electron chi connectivity index (χ3n) is 2.89. The van der Waals surface area contributed by atoms with Gasteiger partial charge in [-0.1, -0.05) is 30.3 Å². The van der Waals surface area contributed by atoms with Crippen molar-refractivity contribution in [2.24, 2.45) is 5.84 Å². The summed E-state index contributed by atoms with van der Waals surface area (Å²) in [4.78, 5) is 0. The Morgan fingerprint density at radius 3 is 2.67 bits per heavy atom. The van der Waals surface area contributed by atoms with E-state index in [1.807, 2.05) is 25.1 Å². The van der Waals surface area contributed by atoms with Crippen LogP contribution in [0.4, 0.5) is 0 Å². The first-order valence-electron chi connectivity index (χ1n) is 6.39. The van der Waals surface area contributed by atoms with E-state index in [1.54, 1.807) is 0 Å². The van der Waals surface area contributed by atoms with Gasteiger partial charge in [0.15, 0.2) is 0 Å². The van der Waals surface area contributed by atoms with Gasteiger partial charge in [0.05, 0.1) is 12.1 Å². The summed E-state index contributed by atoms with van der Waals surface area (Å²) in [5.41, 5.74) is 3.99. The smallest absolute Gasteiger partial charge is 0.0991 e. The van der Waals surface area contributed by atoms with Crippen LogP contribution in [0.5, 0.6) is 0 Å². The van der Waals surface area contributed by atoms with E-state index in [0.717, 1.165) is 24.8 Å². The van der Waals surface area contributed by atoms with E-state index in [2.05, 4.69) is 23.5 Å². The fourth-order valence-corrected chi connectivity index (χ4v) is 2.01. The molecule has 3 nitrogen and oxygen atoms in total. The van der Waals surface area contributed by atoms with Crippen molar-refractivity contribution in [3.05, 3.63) is 35.9 Å². The predicted octanol–water partition coefficient (Wildman–Crippen LogP) is 2.40. The standard InChI is InChI=1S/C15H22N2O/c1-3-5-7-12-14(17-16)15(18-4-2)13-10-8-6-9-11-13/h1,6,8-11,14-15,17H,4-5,7,12,16H2,2H3. The van der Waals surface area contributed by atoms with Crippen LogP contribution in [0.1, 0.15) is 37.9 Å². The fourth-order valence-electron chi connectivity index (χ4n) is 2.01. The van der Waals surface area contributed by atoms with Crippen molar-refractivity contribution < 1.29 is 4.74 Å². The number of rotatable bonds is 8. The Balaban J connectivity index is 2.72. The van der Waals surface area contributed by atoms with Gasteiger partial charge in [-0.3, -0.25) is 11.3 Å². The quantitative estimate of drug-likeness (QED) is 0.320. The monoisotopic (exact) mass is 246 g/mol. The number of hydrazine groups is 1. The van der Waals surface area contributed by atoms with E-state index in [0.29, 0.717) is 6.61 Å². The average molecular weight is 246 g/mol. The lowest BCUT2D eigenvalue weighted by Gasteiger charge is -2.26. The van der Waals surface area contributed by atoms with Gasteiger partial charge in [0.1, 0.15) is 0 Å². The van der Waals surface area contributed by atoms with Crippen LogP contribution in [0.15, 0.2) is 30.3 Å². The van der Waals surface area contributed by atoms with Gasteiger partial charge in [0, 0.05) is 13.0 Å². The highest BCUT2D eigenvalue weighted by Crippen LogP contribution is 2.23. The highest BCUT2D eigenvalue weighted by Gasteiger charge is 2.21. The lowest BCUT2D eigenvalue weighted by atomic mass is 9.98. The molecule has 0 saturated heterocycles. The normalized spacial score (nSPS) is 13.8. The minimum Gasteiger partial charge on any atom is -0.372 e. The van der Waals surface area contributed by atoms with Gasteiger partial charge in [0.25, 0.3) is 0 Å². The fraction of sp³-hybridized carbons (Fsp3) is 0.467. The van der Waals surface area contributed by atoms with E-state index in [9.17, 15) is 0 Å². The molecule has 1 aromatic carbocycles. The van der Waals surface area contributed by atoms with Crippen molar-refractivity contribution in [2.75, 3.05) is 6.61 Å². The maximum atomic E-state index is 5.82. The predicted molar refractivity (Wildman–Crippen MR) is 74.6 cm³/mol. The Kier molecular flexibility index (Phi) is 7.12. The van der Waals surface area contributed by atoms with Crippen LogP contribution in [0.3, 0.4) is 0 Å². The summed E-state index contributed by atoms with van der Waals surface area (Å²) >= 11 is 0. The molecule has 1 aromatic rings. The maximum absolute atomic E-state index is 5.82. The van der Waals surface area contributed by atoms with Crippen LogP contribution in [-0.4, -0.2) is 12.6 Å². The summed E-state index contributed by atoms with van der Waals surface area (Å²) in [6.45, 7) is 2.65. The lowest BCUT2D eigenvalue weighted by Crippen LogP contribution is -2.40. The minimum absolute atomic E-state index is 0.0287. The second kappa shape index (κ2) is 8.71. The van der Waals surface area contributed by atoms with E-state index >= 15 is 0 Å². The van der Waals surface area contributed by atoms with Crippen LogP contribution in [0, 0.1) is 12.3 Å². The van der Waals surface area contributed by atoms with Gasteiger partial charge in [-0.2, -0.15) is 0 Å². The van der Waals surface area contributed by atoms with Crippen molar-refractivity contribution in [2.45, 2.75) is 38.3 Å². The molecule has 0 amide bonds. The SMILES string of the molecule is C#CCCCC(NN)C(OCC)c1ccccc1. The zero-order valence-electron chi connectivity index (χ0n) is 10.9. The first-order valence-corrected chi connectivity index (χ1v) is 6.39. The molecule has 0 saturated carbocycles. The Labute approximate surface area is 110 Å². The zero-order valence-corrected chi connectivity index (χ0v) is 10.9. The van der Waals surface area contributed by atoms with Crippen molar-refractivity contribution in [3.8, 4) is 12.3 Å². The Morgan fingerprint density at radius 1 is 1.39 bits per heavy atom. The molecular formula is C15H22N2O. The van der Waals surface area contributed by atoms with Crippen molar-refractivity contribution >= 4 is 0 Å². The molecule has 3 heteroatoms. The number of hydrogen-bond acceptors (Lipinski definition) is 3. The highest BCUT2D eigenvalue weighted by molar-refractivity contribution is 5.19. The number of nitrogens with two attached hydrogens (primary N) is 1. The Morgan fingerprint density at radius 2 is 2.11 bits per heavy atom. The van der Waals surface area contributed by atoms with Gasteiger partial charge in [-0.05, 0) is 25.3 Å². The van der Waals surface area contributed by atoms with E-state index in [1.165, 1.54) is 0 Å². The van der Waals surface area contributed by atoms with Crippen LogP contribution >= 0.6 is 0 Å². The molecule has 0 bridgehead atoms. The lowest BCUT2D eigenvalue weighted by molar-refractivity contribution is 0.0304. The van der Waals surface area contributed by atoms with E-state index in [4.69, 9.17) is 17.0 Å². The first kappa shape index (κ1) is 14.7. The molecule has 98 valence electrons. The van der Waals surface area contributed by atoms with Crippen molar-refractivity contribution in [1.29, 1.82) is 0 Å². The number of benzene rings is 1. The molecule has 2 atom stereocenters. The number of nitrogens with one attached hydrogen (secondary N) is 1. The van der Waals surface area contributed by atoms with Crippen LogP contribution in [-0.2, 0) is 4.74 Å².